The molecule has 17 nitrogen and oxygen atoms in total. The Morgan fingerprint density at radius 3 is 0.916 bits per heavy atom. The van der Waals surface area contributed by atoms with Gasteiger partial charge in [-0.1, -0.05) is 260 Å². The Labute approximate surface area is 505 Å². The third kappa shape index (κ3) is 56.3. The van der Waals surface area contributed by atoms with E-state index in [1.165, 1.54) is 116 Å². The number of ether oxygens (including phenoxy) is 4. The van der Waals surface area contributed by atoms with Crippen molar-refractivity contribution in [2.24, 2.45) is 17.8 Å². The van der Waals surface area contributed by atoms with Crippen molar-refractivity contribution in [2.75, 3.05) is 39.6 Å². The first kappa shape index (κ1) is 81.1. The predicted molar refractivity (Wildman–Crippen MR) is 331 cm³/mol. The van der Waals surface area contributed by atoms with Crippen LogP contribution in [0, 0.1) is 17.8 Å². The lowest BCUT2D eigenvalue weighted by molar-refractivity contribution is -0.161. The summed E-state index contributed by atoms with van der Waals surface area (Å²) in [6, 6.07) is 0. The molecule has 0 saturated carbocycles. The monoisotopic (exact) mass is 1230 g/mol. The molecule has 7 atom stereocenters. The fourth-order valence-electron chi connectivity index (χ4n) is 9.42. The van der Waals surface area contributed by atoms with Gasteiger partial charge in [-0.2, -0.15) is 0 Å². The number of rotatable bonds is 62. The van der Waals surface area contributed by atoms with Crippen LogP contribution in [0.15, 0.2) is 0 Å². The van der Waals surface area contributed by atoms with Crippen molar-refractivity contribution in [1.82, 2.24) is 0 Å². The molecule has 0 aliphatic rings. The Kier molecular flexibility index (Phi) is 54.1. The highest BCUT2D eigenvalue weighted by Crippen LogP contribution is 2.45. The molecule has 0 heterocycles. The van der Waals surface area contributed by atoms with E-state index in [1.54, 1.807) is 0 Å². The lowest BCUT2D eigenvalue weighted by atomic mass is 10.00. The van der Waals surface area contributed by atoms with E-state index >= 15 is 0 Å². The fourth-order valence-corrected chi connectivity index (χ4v) is 11.0. The molecule has 0 aromatic carbocycles. The van der Waals surface area contributed by atoms with Crippen LogP contribution in [0.5, 0.6) is 0 Å². The average Bonchev–Trinajstić information content (AvgIpc) is 3.46. The Bertz CT molecular complexity index is 1650. The number of aliphatic hydroxyl groups excluding tert-OH is 1. The van der Waals surface area contributed by atoms with Gasteiger partial charge in [0, 0.05) is 25.7 Å². The standard InChI is InChI=1S/C64H124O17P2/c1-8-11-12-13-14-15-16-19-22-31-38-45-61(66)74-51-59(80-63(68)47-40-33-23-20-17-18-21-28-35-42-55(4)5)53-78-82(70,71)76-49-58(65)50-77-83(72,73)79-54-60(81-64(69)48-41-34-27-25-30-37-44-57(7)10-3)52-75-62(67)46-39-32-26-24-29-36-43-56(6)9-2/h55-60,65H,8-54H2,1-7H3,(H,70,71)(H,72,73)/t56?,57?,58-,59-,60-/m1/s1. The molecule has 0 fully saturated rings. The van der Waals surface area contributed by atoms with Crippen LogP contribution in [0.4, 0.5) is 0 Å². The van der Waals surface area contributed by atoms with Crippen LogP contribution in [0.3, 0.4) is 0 Å². The summed E-state index contributed by atoms with van der Waals surface area (Å²) < 4.78 is 68.0. The van der Waals surface area contributed by atoms with Crippen molar-refractivity contribution in [3.63, 3.8) is 0 Å². The minimum atomic E-state index is -4.94. The van der Waals surface area contributed by atoms with E-state index < -0.39 is 97.5 Å². The van der Waals surface area contributed by atoms with E-state index in [4.69, 9.17) is 37.0 Å². The third-order valence-electron chi connectivity index (χ3n) is 15.4. The third-order valence-corrected chi connectivity index (χ3v) is 17.3. The summed E-state index contributed by atoms with van der Waals surface area (Å²) in [6.07, 6.45) is 36.2. The molecule has 0 aliphatic heterocycles. The first-order valence-electron chi connectivity index (χ1n) is 33.4. The number of esters is 4. The minimum Gasteiger partial charge on any atom is -0.462 e. The molecule has 492 valence electrons. The van der Waals surface area contributed by atoms with E-state index in [0.717, 1.165) is 114 Å². The van der Waals surface area contributed by atoms with Gasteiger partial charge >= 0.3 is 39.5 Å². The zero-order valence-corrected chi connectivity index (χ0v) is 55.4. The molecule has 4 unspecified atom stereocenters. The summed E-state index contributed by atoms with van der Waals surface area (Å²) in [5, 5.41) is 10.5. The maximum atomic E-state index is 13.0. The Balaban J connectivity index is 5.26. The molecule has 0 saturated heterocycles. The number of carbonyl (C=O) groups excluding carboxylic acids is 4. The molecule has 0 radical (unpaired) electrons. The van der Waals surface area contributed by atoms with Gasteiger partial charge in [-0.15, -0.1) is 0 Å². The maximum absolute atomic E-state index is 13.0. The van der Waals surface area contributed by atoms with Gasteiger partial charge in [-0.3, -0.25) is 37.3 Å². The summed E-state index contributed by atoms with van der Waals surface area (Å²) in [6.45, 7) is 11.7. The normalized spacial score (nSPS) is 15.0. The first-order chi connectivity index (χ1) is 39.8. The molecule has 0 aromatic heterocycles. The Hall–Kier alpha value is -1.94. The summed E-state index contributed by atoms with van der Waals surface area (Å²) in [5.74, 6) is 0.0486. The topological polar surface area (TPSA) is 237 Å². The van der Waals surface area contributed by atoms with Crippen LogP contribution < -0.4 is 0 Å². The Morgan fingerprint density at radius 2 is 0.614 bits per heavy atom. The van der Waals surface area contributed by atoms with Crippen molar-refractivity contribution in [1.29, 1.82) is 0 Å². The highest BCUT2D eigenvalue weighted by molar-refractivity contribution is 7.47. The Morgan fingerprint density at radius 1 is 0.349 bits per heavy atom. The van der Waals surface area contributed by atoms with E-state index in [1.807, 2.05) is 0 Å². The highest BCUT2D eigenvalue weighted by Gasteiger charge is 2.30. The number of phosphoric ester groups is 2. The van der Waals surface area contributed by atoms with E-state index in [0.29, 0.717) is 25.7 Å². The quantitative estimate of drug-likeness (QED) is 0.0222. The molecule has 0 amide bonds. The molecule has 0 rings (SSSR count). The number of hydrogen-bond donors (Lipinski definition) is 3. The van der Waals surface area contributed by atoms with Crippen LogP contribution in [0.1, 0.15) is 312 Å². The van der Waals surface area contributed by atoms with Gasteiger partial charge in [-0.25, -0.2) is 9.13 Å². The van der Waals surface area contributed by atoms with Crippen LogP contribution in [-0.4, -0.2) is 96.7 Å². The number of aliphatic hydroxyl groups is 1. The second kappa shape index (κ2) is 55.4. The lowest BCUT2D eigenvalue weighted by Gasteiger charge is -2.21. The van der Waals surface area contributed by atoms with Crippen molar-refractivity contribution in [3.05, 3.63) is 0 Å². The molecule has 19 heteroatoms. The molecule has 0 spiro atoms. The van der Waals surface area contributed by atoms with Gasteiger partial charge in [0.15, 0.2) is 12.2 Å². The molecule has 3 N–H and O–H groups in total. The predicted octanol–water partition coefficient (Wildman–Crippen LogP) is 17.5. The van der Waals surface area contributed by atoms with Gasteiger partial charge in [0.1, 0.15) is 19.3 Å². The lowest BCUT2D eigenvalue weighted by Crippen LogP contribution is -2.30. The maximum Gasteiger partial charge on any atom is 0.472 e. The SMILES string of the molecule is CCCCCCCCCCCCCC(=O)OC[C@H](COP(=O)(O)OC[C@@H](O)COP(=O)(O)OC[C@@H](COC(=O)CCCCCCCCC(C)CC)OC(=O)CCCCCCCCC(C)CC)OC(=O)CCCCCCCCCCCC(C)C. The van der Waals surface area contributed by atoms with E-state index in [-0.39, 0.29) is 25.7 Å². The van der Waals surface area contributed by atoms with Gasteiger partial charge in [-0.05, 0) is 43.4 Å². The minimum absolute atomic E-state index is 0.102. The van der Waals surface area contributed by atoms with Crippen LogP contribution in [0.2, 0.25) is 0 Å². The van der Waals surface area contributed by atoms with Crippen molar-refractivity contribution in [3.8, 4) is 0 Å². The highest BCUT2D eigenvalue weighted by atomic mass is 31.2. The van der Waals surface area contributed by atoms with Crippen LogP contribution in [-0.2, 0) is 65.4 Å². The summed E-state index contributed by atoms with van der Waals surface area (Å²) in [5.41, 5.74) is 0. The van der Waals surface area contributed by atoms with Crippen LogP contribution in [0.25, 0.3) is 0 Å². The van der Waals surface area contributed by atoms with Gasteiger partial charge in [0.05, 0.1) is 26.4 Å². The second-order valence-electron chi connectivity index (χ2n) is 24.1. The molecule has 83 heavy (non-hydrogen) atoms. The van der Waals surface area contributed by atoms with E-state index in [2.05, 4.69) is 48.5 Å². The van der Waals surface area contributed by atoms with Gasteiger partial charge in [0.25, 0.3) is 0 Å². The second-order valence-corrected chi connectivity index (χ2v) is 27.0. The van der Waals surface area contributed by atoms with Crippen molar-refractivity contribution >= 4 is 39.5 Å². The zero-order valence-electron chi connectivity index (χ0n) is 53.6. The molecule has 0 aliphatic carbocycles. The zero-order chi connectivity index (χ0) is 61.7. The van der Waals surface area contributed by atoms with Crippen molar-refractivity contribution < 1.29 is 80.2 Å². The summed E-state index contributed by atoms with van der Waals surface area (Å²) in [7, 11) is -9.89. The average molecular weight is 1230 g/mol. The molecular weight excluding hydrogens is 1100 g/mol. The van der Waals surface area contributed by atoms with Gasteiger partial charge < -0.3 is 33.8 Å². The largest absolute Gasteiger partial charge is 0.472 e. The number of phosphoric acid groups is 2. The van der Waals surface area contributed by atoms with Crippen LogP contribution >= 0.6 is 15.6 Å². The summed E-state index contributed by atoms with van der Waals surface area (Å²) in [4.78, 5) is 72.2. The van der Waals surface area contributed by atoms with Crippen molar-refractivity contribution in [2.45, 2.75) is 330 Å². The van der Waals surface area contributed by atoms with Gasteiger partial charge in [0.2, 0.25) is 0 Å². The molecular formula is C64H124O17P2. The summed E-state index contributed by atoms with van der Waals surface area (Å²) >= 11 is 0. The molecule has 0 bridgehead atoms. The number of hydrogen-bond acceptors (Lipinski definition) is 15. The number of unbranched alkanes of at least 4 members (excludes halogenated alkanes) is 28. The smallest absolute Gasteiger partial charge is 0.462 e. The first-order valence-corrected chi connectivity index (χ1v) is 36.4. The number of carbonyl (C=O) groups is 4. The fraction of sp³-hybridized carbons (Fsp3) is 0.938. The molecule has 0 aromatic rings. The van der Waals surface area contributed by atoms with E-state index in [9.17, 15) is 43.2 Å².